The van der Waals surface area contributed by atoms with Crippen LogP contribution in [0.15, 0.2) is 42.7 Å². The van der Waals surface area contributed by atoms with Crippen molar-refractivity contribution < 1.29 is 9.53 Å². The monoisotopic (exact) mass is 407 g/mol. The summed E-state index contributed by atoms with van der Waals surface area (Å²) in [5.41, 5.74) is 3.76. The number of carbonyl (C=O) groups is 1. The van der Waals surface area contributed by atoms with E-state index in [4.69, 9.17) is 4.74 Å². The maximum Gasteiger partial charge on any atom is 0.256 e. The van der Waals surface area contributed by atoms with Crippen LogP contribution in [-0.2, 0) is 13.0 Å². The van der Waals surface area contributed by atoms with E-state index in [0.29, 0.717) is 17.9 Å². The van der Waals surface area contributed by atoms with Gasteiger partial charge in [0.05, 0.1) is 12.5 Å². The van der Waals surface area contributed by atoms with E-state index in [1.165, 1.54) is 11.3 Å². The summed E-state index contributed by atoms with van der Waals surface area (Å²) in [6.07, 6.45) is 4.34. The minimum absolute atomic E-state index is 0.164. The SMILES string of the molecule is CCn1ccc2c(OC)c(C(=O)NCCc3ccc(N4CCNCC4)cc3)cnc21. The van der Waals surface area contributed by atoms with Gasteiger partial charge in [0.1, 0.15) is 17.0 Å². The van der Waals surface area contributed by atoms with Crippen molar-refractivity contribution in [3.8, 4) is 5.75 Å². The first-order valence-electron chi connectivity index (χ1n) is 10.6. The lowest BCUT2D eigenvalue weighted by molar-refractivity contribution is 0.0951. The van der Waals surface area contributed by atoms with Gasteiger partial charge in [0.2, 0.25) is 0 Å². The average Bonchev–Trinajstić information content (AvgIpc) is 3.22. The molecule has 2 aromatic heterocycles. The Morgan fingerprint density at radius 3 is 2.67 bits per heavy atom. The molecule has 2 N–H and O–H groups in total. The van der Waals surface area contributed by atoms with Gasteiger partial charge >= 0.3 is 0 Å². The van der Waals surface area contributed by atoms with E-state index in [1.54, 1.807) is 13.3 Å². The molecule has 0 radical (unpaired) electrons. The first-order chi connectivity index (χ1) is 14.7. The molecule has 158 valence electrons. The topological polar surface area (TPSA) is 71.4 Å². The van der Waals surface area contributed by atoms with Crippen LogP contribution < -0.4 is 20.3 Å². The minimum Gasteiger partial charge on any atom is -0.495 e. The summed E-state index contributed by atoms with van der Waals surface area (Å²) in [5, 5.41) is 7.23. The van der Waals surface area contributed by atoms with Crippen molar-refractivity contribution in [1.29, 1.82) is 0 Å². The zero-order chi connectivity index (χ0) is 20.9. The number of aryl methyl sites for hydroxylation is 1. The van der Waals surface area contributed by atoms with Crippen LogP contribution in [0.1, 0.15) is 22.8 Å². The van der Waals surface area contributed by atoms with Crippen LogP contribution in [-0.4, -0.2) is 55.3 Å². The lowest BCUT2D eigenvalue weighted by Gasteiger charge is -2.29. The third-order valence-corrected chi connectivity index (χ3v) is 5.65. The third kappa shape index (κ3) is 4.11. The molecular formula is C23H29N5O2. The second-order valence-electron chi connectivity index (χ2n) is 7.45. The number of anilines is 1. The van der Waals surface area contributed by atoms with Gasteiger partial charge in [0, 0.05) is 57.3 Å². The lowest BCUT2D eigenvalue weighted by atomic mass is 10.1. The Kier molecular flexibility index (Phi) is 6.18. The van der Waals surface area contributed by atoms with Gasteiger partial charge in [0.25, 0.3) is 5.91 Å². The van der Waals surface area contributed by atoms with Crippen molar-refractivity contribution >= 4 is 22.6 Å². The zero-order valence-corrected chi connectivity index (χ0v) is 17.6. The van der Waals surface area contributed by atoms with Gasteiger partial charge < -0.3 is 24.8 Å². The Balaban J connectivity index is 1.38. The smallest absolute Gasteiger partial charge is 0.256 e. The number of carbonyl (C=O) groups excluding carboxylic acids is 1. The van der Waals surface area contributed by atoms with E-state index < -0.39 is 0 Å². The molecule has 1 aliphatic rings. The number of nitrogens with one attached hydrogen (secondary N) is 2. The summed E-state index contributed by atoms with van der Waals surface area (Å²) >= 11 is 0. The van der Waals surface area contributed by atoms with Crippen molar-refractivity contribution in [3.05, 3.63) is 53.9 Å². The Hall–Kier alpha value is -3.06. The molecule has 1 saturated heterocycles. The molecule has 1 amide bonds. The van der Waals surface area contributed by atoms with Crippen LogP contribution in [0, 0.1) is 0 Å². The van der Waals surface area contributed by atoms with Gasteiger partial charge in [0.15, 0.2) is 0 Å². The van der Waals surface area contributed by atoms with Crippen LogP contribution >= 0.6 is 0 Å². The number of amides is 1. The van der Waals surface area contributed by atoms with E-state index in [1.807, 2.05) is 16.8 Å². The summed E-state index contributed by atoms with van der Waals surface area (Å²) in [6.45, 7) is 7.57. The van der Waals surface area contributed by atoms with E-state index in [-0.39, 0.29) is 5.91 Å². The van der Waals surface area contributed by atoms with Gasteiger partial charge in [-0.2, -0.15) is 0 Å². The number of hydrogen-bond donors (Lipinski definition) is 2. The van der Waals surface area contributed by atoms with Crippen LogP contribution in [0.4, 0.5) is 5.69 Å². The molecule has 30 heavy (non-hydrogen) atoms. The first kappa shape index (κ1) is 20.2. The van der Waals surface area contributed by atoms with E-state index in [0.717, 1.165) is 50.2 Å². The van der Waals surface area contributed by atoms with Crippen molar-refractivity contribution in [2.24, 2.45) is 0 Å². The predicted molar refractivity (Wildman–Crippen MR) is 120 cm³/mol. The molecule has 0 unspecified atom stereocenters. The molecule has 1 aliphatic heterocycles. The van der Waals surface area contributed by atoms with Crippen LogP contribution in [0.3, 0.4) is 0 Å². The maximum atomic E-state index is 12.7. The number of hydrogen-bond acceptors (Lipinski definition) is 5. The summed E-state index contributed by atoms with van der Waals surface area (Å²) in [7, 11) is 1.59. The molecular weight excluding hydrogens is 378 g/mol. The van der Waals surface area contributed by atoms with Crippen molar-refractivity contribution in [2.75, 3.05) is 44.7 Å². The standard InChI is InChI=1S/C23H29N5O2/c1-3-27-13-9-19-21(30-2)20(16-26-22(19)27)23(29)25-10-8-17-4-6-18(7-5-17)28-14-11-24-12-15-28/h4-7,9,13,16,24H,3,8,10-12,14-15H2,1-2H3,(H,25,29). The maximum absolute atomic E-state index is 12.7. The molecule has 7 nitrogen and oxygen atoms in total. The molecule has 0 atom stereocenters. The number of ether oxygens (including phenoxy) is 1. The summed E-state index contributed by atoms with van der Waals surface area (Å²) in [6, 6.07) is 10.6. The van der Waals surface area contributed by atoms with Gasteiger partial charge in [-0.25, -0.2) is 4.98 Å². The molecule has 0 aliphatic carbocycles. The summed E-state index contributed by atoms with van der Waals surface area (Å²) in [5.74, 6) is 0.410. The fourth-order valence-electron chi connectivity index (χ4n) is 3.96. The molecule has 4 rings (SSSR count). The van der Waals surface area contributed by atoms with Crippen LogP contribution in [0.2, 0.25) is 0 Å². The van der Waals surface area contributed by atoms with E-state index >= 15 is 0 Å². The number of methoxy groups -OCH3 is 1. The molecule has 3 heterocycles. The molecule has 0 spiro atoms. The molecule has 7 heteroatoms. The second-order valence-corrected chi connectivity index (χ2v) is 7.45. The fourth-order valence-corrected chi connectivity index (χ4v) is 3.96. The number of nitrogens with zero attached hydrogens (tertiary/aromatic N) is 3. The summed E-state index contributed by atoms with van der Waals surface area (Å²) in [4.78, 5) is 19.6. The minimum atomic E-state index is -0.164. The molecule has 0 bridgehead atoms. The molecule has 0 saturated carbocycles. The van der Waals surface area contributed by atoms with E-state index in [2.05, 4.69) is 51.7 Å². The Morgan fingerprint density at radius 1 is 1.20 bits per heavy atom. The largest absolute Gasteiger partial charge is 0.495 e. The molecule has 1 fully saturated rings. The van der Waals surface area contributed by atoms with Crippen molar-refractivity contribution in [2.45, 2.75) is 19.9 Å². The third-order valence-electron chi connectivity index (χ3n) is 5.65. The highest BCUT2D eigenvalue weighted by atomic mass is 16.5. The van der Waals surface area contributed by atoms with Gasteiger partial charge in [-0.05, 0) is 37.1 Å². The van der Waals surface area contributed by atoms with Gasteiger partial charge in [-0.15, -0.1) is 0 Å². The average molecular weight is 408 g/mol. The predicted octanol–water partition coefficient (Wildman–Crippen LogP) is 2.45. The number of benzene rings is 1. The number of rotatable bonds is 7. The quantitative estimate of drug-likeness (QED) is 0.630. The number of aromatic nitrogens is 2. The Morgan fingerprint density at radius 2 is 1.97 bits per heavy atom. The highest BCUT2D eigenvalue weighted by Crippen LogP contribution is 2.29. The Labute approximate surface area is 177 Å². The highest BCUT2D eigenvalue weighted by molar-refractivity contribution is 6.02. The zero-order valence-electron chi connectivity index (χ0n) is 17.6. The van der Waals surface area contributed by atoms with Gasteiger partial charge in [-0.3, -0.25) is 4.79 Å². The Bertz CT molecular complexity index is 1010. The number of piperazine rings is 1. The van der Waals surface area contributed by atoms with Crippen LogP contribution in [0.5, 0.6) is 5.75 Å². The second kappa shape index (κ2) is 9.17. The van der Waals surface area contributed by atoms with Gasteiger partial charge in [-0.1, -0.05) is 12.1 Å². The lowest BCUT2D eigenvalue weighted by Crippen LogP contribution is -2.43. The first-order valence-corrected chi connectivity index (χ1v) is 10.6. The summed E-state index contributed by atoms with van der Waals surface area (Å²) < 4.78 is 7.58. The number of fused-ring (bicyclic) bond motifs is 1. The van der Waals surface area contributed by atoms with Crippen LogP contribution in [0.25, 0.3) is 11.0 Å². The van der Waals surface area contributed by atoms with E-state index in [9.17, 15) is 4.79 Å². The molecule has 1 aromatic carbocycles. The molecule has 3 aromatic rings. The number of pyridine rings is 1. The fraction of sp³-hybridized carbons (Fsp3) is 0.391. The highest BCUT2D eigenvalue weighted by Gasteiger charge is 2.18. The van der Waals surface area contributed by atoms with Crippen molar-refractivity contribution in [1.82, 2.24) is 20.2 Å². The normalized spacial score (nSPS) is 14.1. The van der Waals surface area contributed by atoms with Crippen molar-refractivity contribution in [3.63, 3.8) is 0 Å².